The highest BCUT2D eigenvalue weighted by Gasteiger charge is 2.23. The van der Waals surface area contributed by atoms with Crippen molar-refractivity contribution < 1.29 is 9.13 Å². The Morgan fingerprint density at radius 1 is 1.03 bits per heavy atom. The van der Waals surface area contributed by atoms with Gasteiger partial charge in [0.25, 0.3) is 5.56 Å². The second-order valence-electron chi connectivity index (χ2n) is 10.1. The Morgan fingerprint density at radius 2 is 1.76 bits per heavy atom. The highest BCUT2D eigenvalue weighted by atomic mass is 35.5. The van der Waals surface area contributed by atoms with Crippen molar-refractivity contribution in [3.63, 3.8) is 0 Å². The third-order valence-corrected chi connectivity index (χ3v) is 7.99. The molecule has 2 saturated heterocycles. The second-order valence-corrected chi connectivity index (χ2v) is 10.5. The van der Waals surface area contributed by atoms with Crippen molar-refractivity contribution in [2.75, 3.05) is 32.0 Å². The fraction of sp³-hybridized carbons (Fsp3) is 0.345. The maximum Gasteiger partial charge on any atom is 0.255 e. The van der Waals surface area contributed by atoms with Crippen molar-refractivity contribution in [2.45, 2.75) is 38.1 Å². The Kier molecular flexibility index (Phi) is 6.86. The lowest BCUT2D eigenvalue weighted by Crippen LogP contribution is -2.21. The van der Waals surface area contributed by atoms with Crippen LogP contribution in [-0.4, -0.2) is 46.2 Å². The molecule has 2 aliphatic heterocycles. The number of nitrogens with two attached hydrogens (primary N) is 1. The average Bonchev–Trinajstić information content (AvgIpc) is 3.44. The highest BCUT2D eigenvalue weighted by molar-refractivity contribution is 6.35. The molecule has 0 amide bonds. The predicted octanol–water partition coefficient (Wildman–Crippen LogP) is 5.52. The van der Waals surface area contributed by atoms with Crippen LogP contribution in [0.3, 0.4) is 0 Å². The van der Waals surface area contributed by atoms with E-state index in [4.69, 9.17) is 22.1 Å². The largest absolute Gasteiger partial charge is 0.382 e. The molecule has 3 N–H and O–H groups in total. The van der Waals surface area contributed by atoms with Crippen LogP contribution >= 0.6 is 11.6 Å². The molecule has 0 spiro atoms. The van der Waals surface area contributed by atoms with Crippen molar-refractivity contribution in [1.82, 2.24) is 19.9 Å². The average molecular weight is 534 g/mol. The van der Waals surface area contributed by atoms with Gasteiger partial charge in [0.1, 0.15) is 11.4 Å². The number of ether oxygens (including phenoxy) is 1. The molecule has 0 saturated carbocycles. The number of nitrogen functional groups attached to an aromatic ring is 1. The van der Waals surface area contributed by atoms with E-state index in [1.807, 2.05) is 6.07 Å². The minimum absolute atomic E-state index is 0.0253. The third-order valence-electron chi connectivity index (χ3n) is 7.68. The summed E-state index contributed by atoms with van der Waals surface area (Å²) in [4.78, 5) is 25.9. The van der Waals surface area contributed by atoms with Crippen molar-refractivity contribution in [3.8, 4) is 22.5 Å². The van der Waals surface area contributed by atoms with Crippen LogP contribution in [0.5, 0.6) is 0 Å². The fourth-order valence-corrected chi connectivity index (χ4v) is 5.88. The van der Waals surface area contributed by atoms with Crippen molar-refractivity contribution in [3.05, 3.63) is 75.0 Å². The summed E-state index contributed by atoms with van der Waals surface area (Å²) >= 11 is 6.34. The van der Waals surface area contributed by atoms with E-state index in [9.17, 15) is 4.79 Å². The number of rotatable bonds is 5. The number of nitrogens with zero attached hydrogens (tertiary/aromatic N) is 3. The number of pyridine rings is 1. The number of halogens is 2. The Morgan fingerprint density at radius 3 is 2.55 bits per heavy atom. The van der Waals surface area contributed by atoms with E-state index in [1.54, 1.807) is 18.2 Å². The zero-order valence-electron chi connectivity index (χ0n) is 21.0. The van der Waals surface area contributed by atoms with E-state index in [0.717, 1.165) is 45.7 Å². The lowest BCUT2D eigenvalue weighted by atomic mass is 9.87. The maximum absolute atomic E-state index is 15.2. The number of aromatic amines is 1. The van der Waals surface area contributed by atoms with Crippen LogP contribution in [0.25, 0.3) is 33.3 Å². The molecule has 7 nitrogen and oxygen atoms in total. The normalized spacial score (nSPS) is 16.9. The summed E-state index contributed by atoms with van der Waals surface area (Å²) in [5.41, 5.74) is 10.2. The van der Waals surface area contributed by atoms with E-state index >= 15 is 4.39 Å². The summed E-state index contributed by atoms with van der Waals surface area (Å²) < 4.78 is 20.8. The van der Waals surface area contributed by atoms with Crippen LogP contribution in [0.1, 0.15) is 42.7 Å². The molecule has 4 heterocycles. The molecule has 0 radical (unpaired) electrons. The van der Waals surface area contributed by atoms with Crippen LogP contribution < -0.4 is 11.3 Å². The number of benzene rings is 2. The summed E-state index contributed by atoms with van der Waals surface area (Å²) in [5, 5.41) is 1.41. The van der Waals surface area contributed by atoms with Crippen molar-refractivity contribution in [1.29, 1.82) is 0 Å². The molecule has 9 heteroatoms. The molecular weight excluding hydrogens is 505 g/mol. The number of likely N-dealkylation sites (tertiary alicyclic amines) is 1. The van der Waals surface area contributed by atoms with Gasteiger partial charge in [-0.3, -0.25) is 9.69 Å². The van der Waals surface area contributed by atoms with Gasteiger partial charge in [0.05, 0.1) is 5.02 Å². The van der Waals surface area contributed by atoms with Gasteiger partial charge in [0.15, 0.2) is 5.82 Å². The first-order chi connectivity index (χ1) is 18.5. The number of H-pyrrole nitrogens is 1. The quantitative estimate of drug-likeness (QED) is 0.351. The lowest BCUT2D eigenvalue weighted by Gasteiger charge is -2.27. The van der Waals surface area contributed by atoms with E-state index in [0.29, 0.717) is 38.5 Å². The van der Waals surface area contributed by atoms with Gasteiger partial charge in [-0.25, -0.2) is 4.98 Å². The topological polar surface area (TPSA) is 97.1 Å². The SMILES string of the molecule is Nc1nc(F)c(-c2ccc(C3CCOCC3)c(CN3CCCC3)c2)nc1-c1ccc2c(=O)[nH]cc(Cl)c2c1. The monoisotopic (exact) mass is 533 g/mol. The van der Waals surface area contributed by atoms with Crippen molar-refractivity contribution in [2.24, 2.45) is 0 Å². The number of anilines is 1. The van der Waals surface area contributed by atoms with E-state index in [1.165, 1.54) is 30.2 Å². The van der Waals surface area contributed by atoms with Gasteiger partial charge in [-0.1, -0.05) is 29.8 Å². The zero-order valence-corrected chi connectivity index (χ0v) is 21.7. The molecule has 2 aromatic heterocycles. The van der Waals surface area contributed by atoms with Gasteiger partial charge in [-0.15, -0.1) is 0 Å². The zero-order chi connectivity index (χ0) is 26.2. The van der Waals surface area contributed by atoms with Crippen molar-refractivity contribution >= 4 is 28.2 Å². The van der Waals surface area contributed by atoms with Crippen LogP contribution in [0.2, 0.25) is 5.02 Å². The molecule has 0 aliphatic carbocycles. The van der Waals surface area contributed by atoms with E-state index < -0.39 is 5.95 Å². The number of hydrogen-bond acceptors (Lipinski definition) is 6. The van der Waals surface area contributed by atoms with Crippen LogP contribution in [0, 0.1) is 5.95 Å². The number of nitrogens with one attached hydrogen (secondary N) is 1. The number of fused-ring (bicyclic) bond motifs is 1. The Balaban J connectivity index is 1.43. The highest BCUT2D eigenvalue weighted by Crippen LogP contribution is 2.35. The Labute approximate surface area is 224 Å². The minimum atomic E-state index is -0.715. The molecule has 0 unspecified atom stereocenters. The van der Waals surface area contributed by atoms with Gasteiger partial charge in [0.2, 0.25) is 5.95 Å². The molecule has 4 aromatic rings. The minimum Gasteiger partial charge on any atom is -0.382 e. The maximum atomic E-state index is 15.2. The van der Waals surface area contributed by atoms with Gasteiger partial charge in [-0.05, 0) is 74.0 Å². The molecule has 38 heavy (non-hydrogen) atoms. The predicted molar refractivity (Wildman–Crippen MR) is 148 cm³/mol. The Hall–Kier alpha value is -3.33. The van der Waals surface area contributed by atoms with Crippen LogP contribution in [0.15, 0.2) is 47.4 Å². The molecule has 196 valence electrons. The van der Waals surface area contributed by atoms with E-state index in [-0.39, 0.29) is 17.1 Å². The first-order valence-electron chi connectivity index (χ1n) is 13.1. The van der Waals surface area contributed by atoms with E-state index in [2.05, 4.69) is 32.0 Å². The van der Waals surface area contributed by atoms with Gasteiger partial charge in [-0.2, -0.15) is 9.37 Å². The molecule has 6 rings (SSSR count). The summed E-state index contributed by atoms with van der Waals surface area (Å²) in [6, 6.07) is 11.2. The number of hydrogen-bond donors (Lipinski definition) is 2. The first-order valence-corrected chi connectivity index (χ1v) is 13.4. The molecular formula is C29H29ClFN5O2. The summed E-state index contributed by atoms with van der Waals surface area (Å²) in [6.45, 7) is 4.50. The summed E-state index contributed by atoms with van der Waals surface area (Å²) in [6.07, 6.45) is 5.83. The molecule has 0 bridgehead atoms. The third kappa shape index (κ3) is 4.79. The van der Waals surface area contributed by atoms with Gasteiger partial charge < -0.3 is 15.5 Å². The number of aromatic nitrogens is 3. The smallest absolute Gasteiger partial charge is 0.255 e. The summed E-state index contributed by atoms with van der Waals surface area (Å²) in [7, 11) is 0. The standard InChI is InChI=1S/C29H29ClFN5O2/c30-24-15-33-29(37)22-6-4-19(14-23(22)24)26-28(32)35-27(31)25(34-26)18-3-5-21(17-7-11-38-12-8-17)20(13-18)16-36-9-1-2-10-36/h3-6,13-15,17H,1-2,7-12,16H2,(H2,32,35)(H,33,37). The van der Waals surface area contributed by atoms with Gasteiger partial charge in [0, 0.05) is 47.9 Å². The fourth-order valence-electron chi connectivity index (χ4n) is 5.67. The van der Waals surface area contributed by atoms with Gasteiger partial charge >= 0.3 is 0 Å². The van der Waals surface area contributed by atoms with Crippen LogP contribution in [-0.2, 0) is 11.3 Å². The van der Waals surface area contributed by atoms with Crippen LogP contribution in [0.4, 0.5) is 10.2 Å². The molecule has 2 fully saturated rings. The lowest BCUT2D eigenvalue weighted by molar-refractivity contribution is 0.0850. The summed E-state index contributed by atoms with van der Waals surface area (Å²) in [5.74, 6) is -0.311. The molecule has 2 aromatic carbocycles. The Bertz CT molecular complexity index is 1560. The first kappa shape index (κ1) is 25.0. The molecule has 2 aliphatic rings. The molecule has 0 atom stereocenters. The second kappa shape index (κ2) is 10.4.